The smallest absolute Gasteiger partial charge is 1.00 e. The minimum Gasteiger partial charge on any atom is -1.00 e. The molecule has 0 aliphatic carbocycles. The molecule has 6 heteroatoms. The molecule has 0 saturated heterocycles. The monoisotopic (exact) mass is 217 g/mol. The average molecular weight is 218 g/mol. The average Bonchev–Trinajstić information content (AvgIpc) is 1.81. The van der Waals surface area contributed by atoms with Crippen LogP contribution in [0.2, 0.25) is 0 Å². The molecule has 9 heavy (non-hydrogen) atoms. The van der Waals surface area contributed by atoms with Crippen LogP contribution in [0.4, 0.5) is 0 Å². The van der Waals surface area contributed by atoms with E-state index in [4.69, 9.17) is 15.3 Å². The second-order valence-corrected chi connectivity index (χ2v) is 0. The quantitative estimate of drug-likeness (QED) is 0.378. The molecule has 0 fully saturated rings. The van der Waals surface area contributed by atoms with Gasteiger partial charge in [0.15, 0.2) is 0 Å². The molecule has 0 bridgehead atoms. The van der Waals surface area contributed by atoms with E-state index in [1.165, 1.54) is 0 Å². The van der Waals surface area contributed by atoms with Gasteiger partial charge < -0.3 is 40.1 Å². The standard InChI is InChI=1S/3CH4O.2ClH.V/c3*1-2;;;/h3*2H,1H3;2*1H;/q;;;;;+2/p-2. The molecule has 61 valence electrons. The van der Waals surface area contributed by atoms with Crippen LogP contribution in [0.15, 0.2) is 0 Å². The van der Waals surface area contributed by atoms with Gasteiger partial charge in [-0.3, -0.25) is 0 Å². The first kappa shape index (κ1) is 50.2. The predicted octanol–water partition coefficient (Wildman–Crippen LogP) is -7.17. The summed E-state index contributed by atoms with van der Waals surface area (Å²) < 4.78 is 0. The second-order valence-electron chi connectivity index (χ2n) is 0. The molecule has 0 aromatic heterocycles. The number of aliphatic hydroxyl groups is 3. The third-order valence-electron chi connectivity index (χ3n) is 0. The molecular weight excluding hydrogens is 206 g/mol. The van der Waals surface area contributed by atoms with Crippen LogP contribution in [0.3, 0.4) is 0 Å². The van der Waals surface area contributed by atoms with Crippen LogP contribution in [-0.2, 0) is 18.6 Å². The Kier molecular flexibility index (Phi) is 2990. The zero-order valence-electron chi connectivity index (χ0n) is 5.54. The molecule has 0 aromatic rings. The maximum absolute atomic E-state index is 7.00. The summed E-state index contributed by atoms with van der Waals surface area (Å²) in [6.07, 6.45) is 0. The van der Waals surface area contributed by atoms with E-state index >= 15 is 0 Å². The molecule has 3 N–H and O–H groups in total. The molecule has 1 radical (unpaired) electrons. The van der Waals surface area contributed by atoms with Crippen molar-refractivity contribution in [1.82, 2.24) is 0 Å². The van der Waals surface area contributed by atoms with Crippen LogP contribution in [0.1, 0.15) is 0 Å². The fraction of sp³-hybridized carbons (Fsp3) is 1.00. The minimum absolute atomic E-state index is 0. The van der Waals surface area contributed by atoms with Gasteiger partial charge in [0.2, 0.25) is 0 Å². The van der Waals surface area contributed by atoms with Gasteiger partial charge in [-0.2, -0.15) is 0 Å². The topological polar surface area (TPSA) is 60.7 Å². The van der Waals surface area contributed by atoms with E-state index in [-0.39, 0.29) is 43.4 Å². The summed E-state index contributed by atoms with van der Waals surface area (Å²) in [5.41, 5.74) is 0. The van der Waals surface area contributed by atoms with Crippen molar-refractivity contribution in [3.05, 3.63) is 0 Å². The Labute approximate surface area is 80.2 Å². The Morgan fingerprint density at radius 1 is 0.556 bits per heavy atom. The van der Waals surface area contributed by atoms with Gasteiger partial charge in [0.05, 0.1) is 0 Å². The first-order valence-electron chi connectivity index (χ1n) is 1.34. The summed E-state index contributed by atoms with van der Waals surface area (Å²) in [4.78, 5) is 0. The van der Waals surface area contributed by atoms with Crippen LogP contribution >= 0.6 is 0 Å². The summed E-state index contributed by atoms with van der Waals surface area (Å²) in [7, 11) is 3.00. The number of rotatable bonds is 0. The van der Waals surface area contributed by atoms with E-state index in [1.807, 2.05) is 0 Å². The Morgan fingerprint density at radius 3 is 0.556 bits per heavy atom. The first-order chi connectivity index (χ1) is 3.00. The van der Waals surface area contributed by atoms with Gasteiger partial charge >= 0.3 is 18.6 Å². The van der Waals surface area contributed by atoms with Crippen LogP contribution in [-0.4, -0.2) is 36.6 Å². The van der Waals surface area contributed by atoms with Gasteiger partial charge in [-0.05, 0) is 0 Å². The maximum atomic E-state index is 7.00. The molecule has 3 nitrogen and oxygen atoms in total. The van der Waals surface area contributed by atoms with Crippen molar-refractivity contribution in [2.45, 2.75) is 0 Å². The molecule has 0 amide bonds. The minimum atomic E-state index is 0. The van der Waals surface area contributed by atoms with Crippen LogP contribution < -0.4 is 24.8 Å². The molecule has 0 unspecified atom stereocenters. The number of aliphatic hydroxyl groups excluding tert-OH is 3. The Hall–Kier alpha value is 1.04. The first-order valence-corrected chi connectivity index (χ1v) is 1.34. The third-order valence-corrected chi connectivity index (χ3v) is 0. The van der Waals surface area contributed by atoms with Crippen molar-refractivity contribution in [2.75, 3.05) is 21.3 Å². The van der Waals surface area contributed by atoms with E-state index in [2.05, 4.69) is 0 Å². The molecule has 0 aliphatic heterocycles. The van der Waals surface area contributed by atoms with Gasteiger partial charge in [0.1, 0.15) is 0 Å². The Balaban J connectivity index is -0.00000000321. The Morgan fingerprint density at radius 2 is 0.556 bits per heavy atom. The fourth-order valence-corrected chi connectivity index (χ4v) is 0. The van der Waals surface area contributed by atoms with E-state index in [9.17, 15) is 0 Å². The zero-order valence-corrected chi connectivity index (χ0v) is 8.45. The zero-order chi connectivity index (χ0) is 6.00. The molecule has 0 aromatic carbocycles. The van der Waals surface area contributed by atoms with Crippen molar-refractivity contribution in [1.29, 1.82) is 0 Å². The number of hydrogen-bond donors (Lipinski definition) is 3. The van der Waals surface area contributed by atoms with Gasteiger partial charge in [0.25, 0.3) is 0 Å². The summed E-state index contributed by atoms with van der Waals surface area (Å²) in [5.74, 6) is 0. The van der Waals surface area contributed by atoms with Crippen LogP contribution in [0.5, 0.6) is 0 Å². The molecular formula is C3H12Cl2O3V. The molecule has 0 atom stereocenters. The molecule has 0 spiro atoms. The summed E-state index contributed by atoms with van der Waals surface area (Å²) in [6, 6.07) is 0. The van der Waals surface area contributed by atoms with Crippen molar-refractivity contribution in [2.24, 2.45) is 0 Å². The predicted molar refractivity (Wildman–Crippen MR) is 24.4 cm³/mol. The normalized spacial score (nSPS) is 2.00. The Bertz CT molecular complexity index is 17.0. The van der Waals surface area contributed by atoms with Gasteiger partial charge in [0, 0.05) is 21.3 Å². The summed E-state index contributed by atoms with van der Waals surface area (Å²) >= 11 is 0. The van der Waals surface area contributed by atoms with Gasteiger partial charge in [-0.25, -0.2) is 0 Å². The van der Waals surface area contributed by atoms with Crippen molar-refractivity contribution in [3.63, 3.8) is 0 Å². The van der Waals surface area contributed by atoms with E-state index < -0.39 is 0 Å². The number of hydrogen-bond acceptors (Lipinski definition) is 3. The molecule has 0 rings (SSSR count). The largest absolute Gasteiger partial charge is 2.00 e. The van der Waals surface area contributed by atoms with E-state index in [0.717, 1.165) is 21.3 Å². The summed E-state index contributed by atoms with van der Waals surface area (Å²) in [5, 5.41) is 21.0. The molecule has 0 saturated carbocycles. The molecule has 0 heterocycles. The van der Waals surface area contributed by atoms with Crippen molar-refractivity contribution in [3.8, 4) is 0 Å². The van der Waals surface area contributed by atoms with Gasteiger partial charge in [-0.1, -0.05) is 0 Å². The number of halogens is 2. The second kappa shape index (κ2) is 537. The maximum Gasteiger partial charge on any atom is 2.00 e. The van der Waals surface area contributed by atoms with E-state index in [0.29, 0.717) is 0 Å². The third kappa shape index (κ3) is 411. The van der Waals surface area contributed by atoms with Crippen LogP contribution in [0.25, 0.3) is 0 Å². The van der Waals surface area contributed by atoms with Crippen LogP contribution in [0, 0.1) is 0 Å². The van der Waals surface area contributed by atoms with E-state index in [1.54, 1.807) is 0 Å². The van der Waals surface area contributed by atoms with Crippen molar-refractivity contribution >= 4 is 0 Å². The molecule has 0 aliphatic rings. The van der Waals surface area contributed by atoms with Gasteiger partial charge in [-0.15, -0.1) is 0 Å². The fourth-order valence-electron chi connectivity index (χ4n) is 0. The van der Waals surface area contributed by atoms with Crippen molar-refractivity contribution < 1.29 is 58.7 Å². The SMILES string of the molecule is CO.CO.CO.[Cl-].[Cl-].[V+2]. The summed E-state index contributed by atoms with van der Waals surface area (Å²) in [6.45, 7) is 0.